The summed E-state index contributed by atoms with van der Waals surface area (Å²) in [5.41, 5.74) is 6.50. The summed E-state index contributed by atoms with van der Waals surface area (Å²) in [6, 6.07) is 15.0. The minimum Gasteiger partial charge on any atom is -0.267 e. The minimum absolute atomic E-state index is 0.243. The van der Waals surface area contributed by atoms with E-state index >= 15 is 0 Å². The van der Waals surface area contributed by atoms with Crippen LogP contribution < -0.4 is 5.43 Å². The SMILES string of the molecule is O=C(NN=C1CCCc2ccccc21)c1cccc(Cl)c1. The Morgan fingerprint density at radius 1 is 1.10 bits per heavy atom. The Kier molecular flexibility index (Phi) is 4.02. The van der Waals surface area contributed by atoms with Crippen molar-refractivity contribution in [2.24, 2.45) is 5.10 Å². The van der Waals surface area contributed by atoms with Gasteiger partial charge in [0.25, 0.3) is 5.91 Å². The molecule has 106 valence electrons. The van der Waals surface area contributed by atoms with E-state index in [0.29, 0.717) is 10.6 Å². The Balaban J connectivity index is 1.79. The topological polar surface area (TPSA) is 41.5 Å². The zero-order valence-corrected chi connectivity index (χ0v) is 12.2. The van der Waals surface area contributed by atoms with Gasteiger partial charge in [-0.25, -0.2) is 5.43 Å². The van der Waals surface area contributed by atoms with Gasteiger partial charge in [-0.2, -0.15) is 5.10 Å². The van der Waals surface area contributed by atoms with Gasteiger partial charge >= 0.3 is 0 Å². The van der Waals surface area contributed by atoms with E-state index in [1.54, 1.807) is 24.3 Å². The molecule has 21 heavy (non-hydrogen) atoms. The monoisotopic (exact) mass is 298 g/mol. The van der Waals surface area contributed by atoms with Crippen LogP contribution in [-0.4, -0.2) is 11.6 Å². The quantitative estimate of drug-likeness (QED) is 0.842. The molecular weight excluding hydrogens is 284 g/mol. The van der Waals surface area contributed by atoms with Crippen molar-refractivity contribution in [3.05, 3.63) is 70.2 Å². The van der Waals surface area contributed by atoms with Gasteiger partial charge in [-0.3, -0.25) is 4.79 Å². The number of hydrogen-bond acceptors (Lipinski definition) is 2. The summed E-state index contributed by atoms with van der Waals surface area (Å²) in [4.78, 5) is 12.1. The summed E-state index contributed by atoms with van der Waals surface area (Å²) in [5.74, 6) is -0.243. The molecule has 4 heteroatoms. The lowest BCUT2D eigenvalue weighted by Crippen LogP contribution is -2.22. The predicted molar refractivity (Wildman–Crippen MR) is 84.8 cm³/mol. The molecule has 0 atom stereocenters. The highest BCUT2D eigenvalue weighted by atomic mass is 35.5. The van der Waals surface area contributed by atoms with Crippen LogP contribution in [0, 0.1) is 0 Å². The van der Waals surface area contributed by atoms with Gasteiger partial charge in [-0.1, -0.05) is 41.9 Å². The Hall–Kier alpha value is -2.13. The van der Waals surface area contributed by atoms with Gasteiger partial charge in [0.15, 0.2) is 0 Å². The van der Waals surface area contributed by atoms with Crippen molar-refractivity contribution in [3.8, 4) is 0 Å². The first-order valence-electron chi connectivity index (χ1n) is 6.95. The largest absolute Gasteiger partial charge is 0.271 e. The van der Waals surface area contributed by atoms with E-state index in [2.05, 4.69) is 22.7 Å². The average molecular weight is 299 g/mol. The molecule has 1 aliphatic rings. The minimum atomic E-state index is -0.243. The molecule has 3 nitrogen and oxygen atoms in total. The molecule has 0 fully saturated rings. The van der Waals surface area contributed by atoms with E-state index in [1.165, 1.54) is 5.56 Å². The molecule has 1 N–H and O–H groups in total. The molecule has 0 spiro atoms. The molecule has 2 aromatic rings. The van der Waals surface area contributed by atoms with Crippen LogP contribution in [0.4, 0.5) is 0 Å². The second-order valence-electron chi connectivity index (χ2n) is 5.02. The zero-order chi connectivity index (χ0) is 14.7. The van der Waals surface area contributed by atoms with E-state index in [0.717, 1.165) is 30.5 Å². The van der Waals surface area contributed by atoms with Crippen LogP contribution in [0.3, 0.4) is 0 Å². The molecule has 0 aliphatic heterocycles. The van der Waals surface area contributed by atoms with Crippen LogP contribution >= 0.6 is 11.6 Å². The van der Waals surface area contributed by atoms with Crippen molar-refractivity contribution in [1.82, 2.24) is 5.43 Å². The van der Waals surface area contributed by atoms with Crippen molar-refractivity contribution in [2.45, 2.75) is 19.3 Å². The standard InChI is InChI=1S/C17H15ClN2O/c18-14-8-3-7-13(11-14)17(21)20-19-16-10-4-6-12-5-1-2-9-15(12)16/h1-3,5,7-9,11H,4,6,10H2,(H,20,21). The van der Waals surface area contributed by atoms with Crippen molar-refractivity contribution < 1.29 is 4.79 Å². The molecule has 0 aromatic heterocycles. The summed E-state index contributed by atoms with van der Waals surface area (Å²) in [7, 11) is 0. The number of hydrogen-bond donors (Lipinski definition) is 1. The summed E-state index contributed by atoms with van der Waals surface area (Å²) < 4.78 is 0. The average Bonchev–Trinajstić information content (AvgIpc) is 2.52. The van der Waals surface area contributed by atoms with Crippen LogP contribution in [0.15, 0.2) is 53.6 Å². The number of carbonyl (C=O) groups is 1. The van der Waals surface area contributed by atoms with Gasteiger partial charge in [-0.15, -0.1) is 0 Å². The van der Waals surface area contributed by atoms with E-state index in [1.807, 2.05) is 12.1 Å². The molecule has 0 saturated heterocycles. The maximum absolute atomic E-state index is 12.1. The number of amides is 1. The number of fused-ring (bicyclic) bond motifs is 1. The summed E-state index contributed by atoms with van der Waals surface area (Å²) in [6.45, 7) is 0. The number of hydrazone groups is 1. The lowest BCUT2D eigenvalue weighted by molar-refractivity contribution is 0.0954. The van der Waals surface area contributed by atoms with Crippen molar-refractivity contribution in [3.63, 3.8) is 0 Å². The molecule has 3 rings (SSSR count). The van der Waals surface area contributed by atoms with Crippen LogP contribution in [0.2, 0.25) is 5.02 Å². The molecule has 2 aromatic carbocycles. The first-order valence-corrected chi connectivity index (χ1v) is 7.32. The van der Waals surface area contributed by atoms with E-state index in [9.17, 15) is 4.79 Å². The molecule has 1 amide bonds. The van der Waals surface area contributed by atoms with Gasteiger partial charge < -0.3 is 0 Å². The third-order valence-electron chi connectivity index (χ3n) is 3.57. The normalized spacial score (nSPS) is 15.6. The number of halogens is 1. The number of nitrogens with zero attached hydrogens (tertiary/aromatic N) is 1. The second kappa shape index (κ2) is 6.10. The van der Waals surface area contributed by atoms with E-state index in [4.69, 9.17) is 11.6 Å². The maximum atomic E-state index is 12.1. The van der Waals surface area contributed by atoms with Crippen LogP contribution in [0.25, 0.3) is 0 Å². The first-order chi connectivity index (χ1) is 10.2. The first kappa shape index (κ1) is 13.8. The van der Waals surface area contributed by atoms with Crippen molar-refractivity contribution >= 4 is 23.2 Å². The fourth-order valence-electron chi connectivity index (χ4n) is 2.53. The number of carbonyl (C=O) groups excluding carboxylic acids is 1. The van der Waals surface area contributed by atoms with E-state index in [-0.39, 0.29) is 5.91 Å². The molecule has 0 heterocycles. The Labute approximate surface area is 128 Å². The lowest BCUT2D eigenvalue weighted by atomic mass is 9.90. The molecule has 0 bridgehead atoms. The zero-order valence-electron chi connectivity index (χ0n) is 11.5. The molecule has 0 radical (unpaired) electrons. The number of nitrogens with one attached hydrogen (secondary N) is 1. The highest BCUT2D eigenvalue weighted by molar-refractivity contribution is 6.30. The van der Waals surface area contributed by atoms with Crippen LogP contribution in [0.1, 0.15) is 34.3 Å². The van der Waals surface area contributed by atoms with Crippen molar-refractivity contribution in [1.29, 1.82) is 0 Å². The third kappa shape index (κ3) is 3.14. The fourth-order valence-corrected chi connectivity index (χ4v) is 2.72. The predicted octanol–water partition coefficient (Wildman–Crippen LogP) is 3.81. The van der Waals surface area contributed by atoms with E-state index < -0.39 is 0 Å². The highest BCUT2D eigenvalue weighted by Gasteiger charge is 2.15. The van der Waals surface area contributed by atoms with Gasteiger partial charge in [0.2, 0.25) is 0 Å². The van der Waals surface area contributed by atoms with Gasteiger partial charge in [0.1, 0.15) is 0 Å². The van der Waals surface area contributed by atoms with Crippen LogP contribution in [0.5, 0.6) is 0 Å². The number of aryl methyl sites for hydroxylation is 1. The van der Waals surface area contributed by atoms with Gasteiger partial charge in [0.05, 0.1) is 5.71 Å². The molecule has 1 aliphatic carbocycles. The Morgan fingerprint density at radius 2 is 1.95 bits per heavy atom. The smallest absolute Gasteiger partial charge is 0.267 e. The lowest BCUT2D eigenvalue weighted by Gasteiger charge is -2.17. The maximum Gasteiger partial charge on any atom is 0.271 e. The fraction of sp³-hybridized carbons (Fsp3) is 0.176. The Morgan fingerprint density at radius 3 is 2.81 bits per heavy atom. The molecule has 0 saturated carbocycles. The van der Waals surface area contributed by atoms with Gasteiger partial charge in [0, 0.05) is 16.1 Å². The third-order valence-corrected chi connectivity index (χ3v) is 3.80. The highest BCUT2D eigenvalue weighted by Crippen LogP contribution is 2.21. The molecule has 0 unspecified atom stereocenters. The summed E-state index contributed by atoms with van der Waals surface area (Å²) in [5, 5.41) is 4.84. The second-order valence-corrected chi connectivity index (χ2v) is 5.46. The summed E-state index contributed by atoms with van der Waals surface area (Å²) in [6.07, 6.45) is 3.01. The number of benzene rings is 2. The Bertz CT molecular complexity index is 709. The number of rotatable bonds is 2. The van der Waals surface area contributed by atoms with Crippen LogP contribution in [-0.2, 0) is 6.42 Å². The molecular formula is C17H15ClN2O. The summed E-state index contributed by atoms with van der Waals surface area (Å²) >= 11 is 5.89. The van der Waals surface area contributed by atoms with Crippen molar-refractivity contribution in [2.75, 3.05) is 0 Å². The van der Waals surface area contributed by atoms with Gasteiger partial charge in [-0.05, 0) is 43.0 Å².